The third-order valence-electron chi connectivity index (χ3n) is 4.18. The standard InChI is InChI=1S/C20H18ClNO6/c1-26-19(24)12-3-2-4-16(9-12)22-18(23)11-28-20(25)14-7-13-8-15(21)5-6-17(13)27-10-14/h2-6,8-9,14H,7,10-11H2,1H3,(H,22,23). The molecule has 0 fully saturated rings. The minimum Gasteiger partial charge on any atom is -0.492 e. The van der Waals surface area contributed by atoms with Gasteiger partial charge in [-0.25, -0.2) is 4.79 Å². The van der Waals surface area contributed by atoms with Crippen LogP contribution in [0.2, 0.25) is 5.02 Å². The van der Waals surface area contributed by atoms with Crippen LogP contribution in [0.5, 0.6) is 5.75 Å². The Morgan fingerprint density at radius 3 is 2.82 bits per heavy atom. The second kappa shape index (κ2) is 8.75. The average Bonchev–Trinajstić information content (AvgIpc) is 2.71. The normalized spacial score (nSPS) is 15.0. The molecule has 1 unspecified atom stereocenters. The quantitative estimate of drug-likeness (QED) is 0.772. The van der Waals surface area contributed by atoms with E-state index in [0.29, 0.717) is 28.4 Å². The highest BCUT2D eigenvalue weighted by molar-refractivity contribution is 6.30. The van der Waals surface area contributed by atoms with Crippen LogP contribution >= 0.6 is 11.6 Å². The number of carbonyl (C=O) groups excluding carboxylic acids is 3. The molecule has 0 radical (unpaired) electrons. The Balaban J connectivity index is 1.52. The van der Waals surface area contributed by atoms with Gasteiger partial charge < -0.3 is 19.5 Å². The lowest BCUT2D eigenvalue weighted by Gasteiger charge is -2.24. The molecule has 146 valence electrons. The van der Waals surface area contributed by atoms with Crippen LogP contribution in [0.4, 0.5) is 5.69 Å². The topological polar surface area (TPSA) is 90.9 Å². The molecule has 1 atom stereocenters. The zero-order valence-corrected chi connectivity index (χ0v) is 15.8. The summed E-state index contributed by atoms with van der Waals surface area (Å²) in [5.74, 6) is -1.38. The largest absolute Gasteiger partial charge is 0.492 e. The lowest BCUT2D eigenvalue weighted by molar-refractivity contribution is -0.152. The molecule has 0 saturated heterocycles. The van der Waals surface area contributed by atoms with Gasteiger partial charge in [0.05, 0.1) is 18.6 Å². The van der Waals surface area contributed by atoms with Crippen molar-refractivity contribution in [2.75, 3.05) is 25.6 Å². The highest BCUT2D eigenvalue weighted by atomic mass is 35.5. The Hall–Kier alpha value is -3.06. The average molecular weight is 404 g/mol. The lowest BCUT2D eigenvalue weighted by Crippen LogP contribution is -2.32. The van der Waals surface area contributed by atoms with Gasteiger partial charge in [-0.05, 0) is 48.4 Å². The predicted molar refractivity (Wildman–Crippen MR) is 102 cm³/mol. The maximum Gasteiger partial charge on any atom is 0.337 e. The van der Waals surface area contributed by atoms with Crippen molar-refractivity contribution in [2.24, 2.45) is 5.92 Å². The molecule has 1 aliphatic heterocycles. The minimum atomic E-state index is -0.524. The Morgan fingerprint density at radius 2 is 2.04 bits per heavy atom. The number of nitrogens with one attached hydrogen (secondary N) is 1. The molecular formula is C20H18ClNO6. The van der Waals surface area contributed by atoms with Crippen LogP contribution in [0.3, 0.4) is 0 Å². The molecule has 1 aliphatic rings. The lowest BCUT2D eigenvalue weighted by atomic mass is 9.97. The van der Waals surface area contributed by atoms with E-state index in [1.54, 1.807) is 36.4 Å². The van der Waals surface area contributed by atoms with Gasteiger partial charge >= 0.3 is 11.9 Å². The number of methoxy groups -OCH3 is 1. The molecule has 3 rings (SSSR count). The minimum absolute atomic E-state index is 0.177. The van der Waals surface area contributed by atoms with Gasteiger partial charge in [0.2, 0.25) is 0 Å². The van der Waals surface area contributed by atoms with Gasteiger partial charge in [0.1, 0.15) is 12.4 Å². The summed E-state index contributed by atoms with van der Waals surface area (Å²) >= 11 is 5.97. The van der Waals surface area contributed by atoms with Gasteiger partial charge in [-0.2, -0.15) is 0 Å². The molecule has 1 heterocycles. The molecule has 0 saturated carbocycles. The van der Waals surface area contributed by atoms with Gasteiger partial charge in [0.25, 0.3) is 5.91 Å². The molecule has 0 aliphatic carbocycles. The highest BCUT2D eigenvalue weighted by Gasteiger charge is 2.28. The molecule has 0 aromatic heterocycles. The second-order valence-corrected chi connectivity index (χ2v) is 6.63. The highest BCUT2D eigenvalue weighted by Crippen LogP contribution is 2.30. The van der Waals surface area contributed by atoms with E-state index in [1.807, 2.05) is 0 Å². The zero-order chi connectivity index (χ0) is 20.1. The van der Waals surface area contributed by atoms with Crippen molar-refractivity contribution < 1.29 is 28.6 Å². The molecule has 1 amide bonds. The molecule has 8 heteroatoms. The summed E-state index contributed by atoms with van der Waals surface area (Å²) < 4.78 is 15.3. The van der Waals surface area contributed by atoms with E-state index in [2.05, 4.69) is 10.1 Å². The third kappa shape index (κ3) is 4.80. The number of benzene rings is 2. The summed E-state index contributed by atoms with van der Waals surface area (Å²) in [7, 11) is 1.27. The number of carbonyl (C=O) groups is 3. The summed E-state index contributed by atoms with van der Waals surface area (Å²) in [6.45, 7) is -0.267. The molecule has 0 spiro atoms. The second-order valence-electron chi connectivity index (χ2n) is 6.19. The number of ether oxygens (including phenoxy) is 3. The van der Waals surface area contributed by atoms with Crippen LogP contribution < -0.4 is 10.1 Å². The number of fused-ring (bicyclic) bond motifs is 1. The first-order chi connectivity index (χ1) is 13.5. The summed E-state index contributed by atoms with van der Waals surface area (Å²) in [4.78, 5) is 35.8. The maximum absolute atomic E-state index is 12.3. The SMILES string of the molecule is COC(=O)c1cccc(NC(=O)COC(=O)C2COc3ccc(Cl)cc3C2)c1. The van der Waals surface area contributed by atoms with E-state index in [1.165, 1.54) is 13.2 Å². The fraction of sp³-hybridized carbons (Fsp3) is 0.250. The fourth-order valence-electron chi connectivity index (χ4n) is 2.81. The monoisotopic (exact) mass is 403 g/mol. The van der Waals surface area contributed by atoms with Crippen molar-refractivity contribution in [3.8, 4) is 5.75 Å². The molecule has 2 aromatic rings. The number of anilines is 1. The third-order valence-corrected chi connectivity index (χ3v) is 4.41. The van der Waals surface area contributed by atoms with Crippen molar-refractivity contribution in [3.63, 3.8) is 0 Å². The summed E-state index contributed by atoms with van der Waals surface area (Å²) in [5.41, 5.74) is 1.52. The predicted octanol–water partition coefficient (Wildman–Crippen LogP) is 2.86. The first-order valence-corrected chi connectivity index (χ1v) is 8.90. The van der Waals surface area contributed by atoms with Gasteiger partial charge in [-0.1, -0.05) is 17.7 Å². The van der Waals surface area contributed by atoms with Gasteiger partial charge in [-0.15, -0.1) is 0 Å². The van der Waals surface area contributed by atoms with E-state index in [9.17, 15) is 14.4 Å². The molecule has 1 N–H and O–H groups in total. The van der Waals surface area contributed by atoms with Crippen LogP contribution in [0, 0.1) is 5.92 Å². The summed E-state index contributed by atoms with van der Waals surface area (Å²) in [5, 5.41) is 3.13. The number of rotatable bonds is 5. The fourth-order valence-corrected chi connectivity index (χ4v) is 3.00. The van der Waals surface area contributed by atoms with Crippen LogP contribution in [0.1, 0.15) is 15.9 Å². The Labute approximate surface area is 166 Å². The number of halogens is 1. The number of hydrogen-bond acceptors (Lipinski definition) is 6. The molecular weight excluding hydrogens is 386 g/mol. The molecule has 2 aromatic carbocycles. The summed E-state index contributed by atoms with van der Waals surface area (Å²) in [6, 6.07) is 11.5. The van der Waals surface area contributed by atoms with Crippen LogP contribution in [-0.4, -0.2) is 38.2 Å². The van der Waals surface area contributed by atoms with E-state index in [0.717, 1.165) is 5.56 Å². The van der Waals surface area contributed by atoms with Crippen molar-refractivity contribution >= 4 is 35.1 Å². The molecule has 0 bridgehead atoms. The molecule has 28 heavy (non-hydrogen) atoms. The van der Waals surface area contributed by atoms with E-state index >= 15 is 0 Å². The summed E-state index contributed by atoms with van der Waals surface area (Å²) in [6.07, 6.45) is 0.428. The first-order valence-electron chi connectivity index (χ1n) is 8.52. The molecule has 7 nitrogen and oxygen atoms in total. The smallest absolute Gasteiger partial charge is 0.337 e. The zero-order valence-electron chi connectivity index (χ0n) is 15.1. The Morgan fingerprint density at radius 1 is 1.21 bits per heavy atom. The maximum atomic E-state index is 12.3. The van der Waals surface area contributed by atoms with E-state index in [-0.39, 0.29) is 6.61 Å². The van der Waals surface area contributed by atoms with Crippen molar-refractivity contribution in [1.29, 1.82) is 0 Å². The van der Waals surface area contributed by atoms with Crippen molar-refractivity contribution in [2.45, 2.75) is 6.42 Å². The van der Waals surface area contributed by atoms with E-state index < -0.39 is 30.4 Å². The van der Waals surface area contributed by atoms with Crippen LogP contribution in [0.15, 0.2) is 42.5 Å². The van der Waals surface area contributed by atoms with Gasteiger partial charge in [-0.3, -0.25) is 9.59 Å². The van der Waals surface area contributed by atoms with Gasteiger partial charge in [0, 0.05) is 10.7 Å². The van der Waals surface area contributed by atoms with E-state index in [4.69, 9.17) is 21.1 Å². The van der Waals surface area contributed by atoms with Crippen LogP contribution in [-0.2, 0) is 25.5 Å². The van der Waals surface area contributed by atoms with Gasteiger partial charge in [0.15, 0.2) is 6.61 Å². The first kappa shape index (κ1) is 19.7. The van der Waals surface area contributed by atoms with Crippen molar-refractivity contribution in [3.05, 3.63) is 58.6 Å². The number of esters is 2. The number of hydrogen-bond donors (Lipinski definition) is 1. The Kier molecular flexibility index (Phi) is 6.16. The number of amides is 1. The van der Waals surface area contributed by atoms with Crippen LogP contribution in [0.25, 0.3) is 0 Å². The van der Waals surface area contributed by atoms with Crippen molar-refractivity contribution in [1.82, 2.24) is 0 Å². The Bertz CT molecular complexity index is 913.